The number of hydrogen-bond acceptors (Lipinski definition) is 3. The van der Waals surface area contributed by atoms with Crippen LogP contribution in [0.4, 0.5) is 20.4 Å². The first-order chi connectivity index (χ1) is 10.5. The topological polar surface area (TPSA) is 53.6 Å². The average molecular weight is 300 g/mol. The van der Waals surface area contributed by atoms with Crippen molar-refractivity contribution in [1.82, 2.24) is 15.0 Å². The summed E-state index contributed by atoms with van der Waals surface area (Å²) in [6.45, 7) is 3.95. The molecule has 0 atom stereocenters. The highest BCUT2D eigenvalue weighted by Gasteiger charge is 2.10. The van der Waals surface area contributed by atoms with Crippen molar-refractivity contribution < 1.29 is 8.78 Å². The molecule has 0 fully saturated rings. The van der Waals surface area contributed by atoms with Gasteiger partial charge in [0.25, 0.3) is 0 Å². The lowest BCUT2D eigenvalue weighted by Gasteiger charge is -2.07. The lowest BCUT2D eigenvalue weighted by molar-refractivity contribution is 0.509. The van der Waals surface area contributed by atoms with Gasteiger partial charge in [0.15, 0.2) is 11.6 Å². The van der Waals surface area contributed by atoms with Crippen molar-refractivity contribution in [3.05, 3.63) is 59.6 Å². The Morgan fingerprint density at radius 3 is 2.59 bits per heavy atom. The number of rotatable bonds is 3. The maximum atomic E-state index is 13.2. The van der Waals surface area contributed by atoms with Gasteiger partial charge >= 0.3 is 0 Å². The first-order valence-electron chi connectivity index (χ1n) is 6.74. The molecule has 2 heterocycles. The molecule has 0 aliphatic carbocycles. The Labute approximate surface area is 126 Å². The molecule has 0 bridgehead atoms. The molecule has 3 rings (SSSR count). The SMILES string of the molecule is Cc1c[nH]c(C)c1-c1ccnc(Nc2ccc(F)c(F)c2)n1. The summed E-state index contributed by atoms with van der Waals surface area (Å²) in [5.41, 5.74) is 4.25. The molecule has 1 aromatic carbocycles. The monoisotopic (exact) mass is 300 g/mol. The molecular weight excluding hydrogens is 286 g/mol. The van der Waals surface area contributed by atoms with Crippen LogP contribution in [0.3, 0.4) is 0 Å². The van der Waals surface area contributed by atoms with E-state index in [0.717, 1.165) is 34.6 Å². The Hall–Kier alpha value is -2.76. The van der Waals surface area contributed by atoms with E-state index in [0.29, 0.717) is 11.6 Å². The highest BCUT2D eigenvalue weighted by Crippen LogP contribution is 2.26. The highest BCUT2D eigenvalue weighted by molar-refractivity contribution is 5.67. The van der Waals surface area contributed by atoms with Crippen molar-refractivity contribution in [1.29, 1.82) is 0 Å². The number of nitrogens with one attached hydrogen (secondary N) is 2. The zero-order valence-electron chi connectivity index (χ0n) is 12.1. The van der Waals surface area contributed by atoms with Crippen LogP contribution in [0, 0.1) is 25.5 Å². The molecule has 4 nitrogen and oxygen atoms in total. The van der Waals surface area contributed by atoms with Gasteiger partial charge in [-0.3, -0.25) is 0 Å². The van der Waals surface area contributed by atoms with E-state index in [9.17, 15) is 8.78 Å². The van der Waals surface area contributed by atoms with E-state index >= 15 is 0 Å². The Bertz CT molecular complexity index is 807. The first-order valence-corrected chi connectivity index (χ1v) is 6.74. The van der Waals surface area contributed by atoms with E-state index in [1.807, 2.05) is 20.0 Å². The lowest BCUT2D eigenvalue weighted by atomic mass is 10.1. The van der Waals surface area contributed by atoms with Gasteiger partial charge in [0.2, 0.25) is 5.95 Å². The minimum atomic E-state index is -0.918. The number of aromatic amines is 1. The number of benzene rings is 1. The second-order valence-electron chi connectivity index (χ2n) is 4.99. The molecule has 22 heavy (non-hydrogen) atoms. The summed E-state index contributed by atoms with van der Waals surface area (Å²) in [5, 5.41) is 2.87. The number of hydrogen-bond donors (Lipinski definition) is 2. The molecule has 2 N–H and O–H groups in total. The zero-order chi connectivity index (χ0) is 15.7. The molecule has 6 heteroatoms. The summed E-state index contributed by atoms with van der Waals surface area (Å²) in [5.74, 6) is -1.49. The number of halogens is 2. The number of aromatic nitrogens is 3. The first kappa shape index (κ1) is 14.2. The quantitative estimate of drug-likeness (QED) is 0.765. The molecule has 2 aromatic heterocycles. The predicted octanol–water partition coefficient (Wildman–Crippen LogP) is 4.11. The largest absolute Gasteiger partial charge is 0.364 e. The summed E-state index contributed by atoms with van der Waals surface area (Å²) < 4.78 is 26.2. The Morgan fingerprint density at radius 2 is 1.91 bits per heavy atom. The van der Waals surface area contributed by atoms with Crippen molar-refractivity contribution in [2.24, 2.45) is 0 Å². The minimum absolute atomic E-state index is 0.323. The standard InChI is InChI=1S/C16H14F2N4/c1-9-8-20-10(2)15(9)14-5-6-19-16(22-14)21-11-3-4-12(17)13(18)7-11/h3-8,20H,1-2H3,(H,19,21,22). The van der Waals surface area contributed by atoms with Crippen molar-refractivity contribution in [3.63, 3.8) is 0 Å². The van der Waals surface area contributed by atoms with Crippen molar-refractivity contribution in [2.75, 3.05) is 5.32 Å². The molecule has 3 aromatic rings. The fourth-order valence-electron chi connectivity index (χ4n) is 2.31. The molecule has 0 aliphatic heterocycles. The van der Waals surface area contributed by atoms with Gasteiger partial charge in [-0.15, -0.1) is 0 Å². The fourth-order valence-corrected chi connectivity index (χ4v) is 2.31. The number of nitrogens with zero attached hydrogens (tertiary/aromatic N) is 2. The predicted molar refractivity (Wildman–Crippen MR) is 80.9 cm³/mol. The minimum Gasteiger partial charge on any atom is -0.364 e. The lowest BCUT2D eigenvalue weighted by Crippen LogP contribution is -1.99. The third kappa shape index (κ3) is 2.67. The van der Waals surface area contributed by atoms with Crippen molar-refractivity contribution >= 4 is 11.6 Å². The second-order valence-corrected chi connectivity index (χ2v) is 4.99. The third-order valence-corrected chi connectivity index (χ3v) is 3.36. The number of anilines is 2. The fraction of sp³-hybridized carbons (Fsp3) is 0.125. The van der Waals surface area contributed by atoms with E-state index in [-0.39, 0.29) is 0 Å². The van der Waals surface area contributed by atoms with Gasteiger partial charge in [0.1, 0.15) is 0 Å². The van der Waals surface area contributed by atoms with E-state index in [2.05, 4.69) is 20.3 Å². The molecule has 0 unspecified atom stereocenters. The molecule has 0 spiro atoms. The van der Waals surface area contributed by atoms with Gasteiger partial charge in [-0.05, 0) is 37.6 Å². The van der Waals surface area contributed by atoms with E-state index < -0.39 is 11.6 Å². The van der Waals surface area contributed by atoms with Crippen LogP contribution in [0.15, 0.2) is 36.7 Å². The van der Waals surface area contributed by atoms with E-state index in [4.69, 9.17) is 0 Å². The molecule has 0 saturated heterocycles. The molecule has 0 amide bonds. The van der Waals surface area contributed by atoms with Crippen LogP contribution in [-0.2, 0) is 0 Å². The van der Waals surface area contributed by atoms with Crippen LogP contribution in [0.25, 0.3) is 11.3 Å². The van der Waals surface area contributed by atoms with Crippen LogP contribution >= 0.6 is 0 Å². The van der Waals surface area contributed by atoms with Gasteiger partial charge in [-0.2, -0.15) is 0 Å². The van der Waals surface area contributed by atoms with Gasteiger partial charge < -0.3 is 10.3 Å². The van der Waals surface area contributed by atoms with Crippen molar-refractivity contribution in [3.8, 4) is 11.3 Å². The van der Waals surface area contributed by atoms with Crippen LogP contribution in [0.5, 0.6) is 0 Å². The molecule has 0 saturated carbocycles. The number of H-pyrrole nitrogens is 1. The summed E-state index contributed by atoms with van der Waals surface area (Å²) in [4.78, 5) is 11.7. The van der Waals surface area contributed by atoms with Gasteiger partial charge in [0.05, 0.1) is 5.69 Å². The zero-order valence-corrected chi connectivity index (χ0v) is 12.1. The van der Waals surface area contributed by atoms with Crippen LogP contribution in [-0.4, -0.2) is 15.0 Å². The van der Waals surface area contributed by atoms with Gasteiger partial charge in [-0.25, -0.2) is 18.7 Å². The normalized spacial score (nSPS) is 10.7. The van der Waals surface area contributed by atoms with E-state index in [1.54, 1.807) is 12.3 Å². The third-order valence-electron chi connectivity index (χ3n) is 3.36. The summed E-state index contributed by atoms with van der Waals surface area (Å²) in [7, 11) is 0. The van der Waals surface area contributed by atoms with Gasteiger partial charge in [-0.1, -0.05) is 0 Å². The van der Waals surface area contributed by atoms with Gasteiger partial charge in [0, 0.05) is 35.4 Å². The number of aryl methyl sites for hydroxylation is 2. The molecule has 112 valence electrons. The maximum absolute atomic E-state index is 13.2. The molecule has 0 aliphatic rings. The van der Waals surface area contributed by atoms with E-state index in [1.165, 1.54) is 6.07 Å². The smallest absolute Gasteiger partial charge is 0.227 e. The highest BCUT2D eigenvalue weighted by atomic mass is 19.2. The Morgan fingerprint density at radius 1 is 1.09 bits per heavy atom. The van der Waals surface area contributed by atoms with Crippen LogP contribution in [0.1, 0.15) is 11.3 Å². The molecule has 0 radical (unpaired) electrons. The average Bonchev–Trinajstić information content (AvgIpc) is 2.82. The maximum Gasteiger partial charge on any atom is 0.227 e. The molecular formula is C16H14F2N4. The van der Waals surface area contributed by atoms with Crippen LogP contribution in [0.2, 0.25) is 0 Å². The van der Waals surface area contributed by atoms with Crippen LogP contribution < -0.4 is 5.32 Å². The Balaban J connectivity index is 1.93. The Kier molecular flexibility index (Phi) is 3.58. The second kappa shape index (κ2) is 5.55. The summed E-state index contributed by atoms with van der Waals surface area (Å²) in [6, 6.07) is 5.36. The van der Waals surface area contributed by atoms with Crippen molar-refractivity contribution in [2.45, 2.75) is 13.8 Å². The summed E-state index contributed by atoms with van der Waals surface area (Å²) in [6.07, 6.45) is 3.53. The summed E-state index contributed by atoms with van der Waals surface area (Å²) >= 11 is 0.